The Labute approximate surface area is 191 Å². The maximum Gasteiger partial charge on any atom is 0.121 e. The van der Waals surface area contributed by atoms with Crippen molar-refractivity contribution in [2.45, 2.75) is 62.3 Å². The first-order valence-corrected chi connectivity index (χ1v) is 13.8. The number of rotatable bonds is 10. The van der Waals surface area contributed by atoms with E-state index in [-0.39, 0.29) is 0 Å². The van der Waals surface area contributed by atoms with Crippen LogP contribution in [0.4, 0.5) is 0 Å². The molecular formula is C24H28OS4. The van der Waals surface area contributed by atoms with Gasteiger partial charge in [-0.05, 0) is 60.1 Å². The van der Waals surface area contributed by atoms with Crippen LogP contribution in [0.15, 0.2) is 46.7 Å². The number of unbranched alkanes of at least 4 members (excludes halogenated alkanes) is 2. The number of aromatic hydroxyl groups is 1. The van der Waals surface area contributed by atoms with Gasteiger partial charge in [-0.1, -0.05) is 89.9 Å². The van der Waals surface area contributed by atoms with Crippen molar-refractivity contribution in [1.29, 1.82) is 0 Å². The number of thioether (sulfide) groups is 1. The molecule has 0 aliphatic rings. The molecule has 29 heavy (non-hydrogen) atoms. The molecule has 0 fully saturated rings. The molecule has 0 atom stereocenters. The van der Waals surface area contributed by atoms with Gasteiger partial charge in [0.1, 0.15) is 9.57 Å². The van der Waals surface area contributed by atoms with Gasteiger partial charge < -0.3 is 5.11 Å². The molecule has 1 aromatic heterocycles. The van der Waals surface area contributed by atoms with Gasteiger partial charge in [0.05, 0.1) is 4.21 Å². The summed E-state index contributed by atoms with van der Waals surface area (Å²) in [6, 6.07) is 14.9. The predicted octanol–water partition coefficient (Wildman–Crippen LogP) is 8.89. The largest absolute Gasteiger partial charge is 0.507 e. The molecule has 1 N–H and O–H groups in total. The monoisotopic (exact) mass is 460 g/mol. The van der Waals surface area contributed by atoms with Crippen LogP contribution in [0.1, 0.15) is 56.2 Å². The predicted molar refractivity (Wildman–Crippen MR) is 133 cm³/mol. The fraction of sp³-hybridized carbons (Fsp3) is 0.375. The highest BCUT2D eigenvalue weighted by Crippen LogP contribution is 2.43. The lowest BCUT2D eigenvalue weighted by molar-refractivity contribution is 0.458. The van der Waals surface area contributed by atoms with Gasteiger partial charge in [-0.15, -0.1) is 11.8 Å². The molecule has 5 heteroatoms. The number of hydrogen-bond acceptors (Lipinski definition) is 5. The summed E-state index contributed by atoms with van der Waals surface area (Å²) in [5, 5.41) is 10.8. The highest BCUT2D eigenvalue weighted by Gasteiger charge is 2.16. The molecule has 1 nitrogen and oxygen atoms in total. The molecule has 0 aliphatic heterocycles. The molecule has 0 bridgehead atoms. The van der Waals surface area contributed by atoms with Gasteiger partial charge in [0.25, 0.3) is 0 Å². The van der Waals surface area contributed by atoms with Crippen LogP contribution in [0, 0.1) is 3.82 Å². The minimum atomic E-state index is 0.499. The number of benzene rings is 2. The Balaban J connectivity index is 1.96. The Hall–Kier alpha value is -1.14. The normalized spacial score (nSPS) is 11.1. The number of hydrogen-bond donors (Lipinski definition) is 1. The summed E-state index contributed by atoms with van der Waals surface area (Å²) in [6.07, 6.45) is 6.27. The Kier molecular flexibility index (Phi) is 8.79. The molecule has 154 valence electrons. The van der Waals surface area contributed by atoms with Crippen LogP contribution < -0.4 is 0 Å². The first-order chi connectivity index (χ1) is 14.1. The molecule has 0 radical (unpaired) electrons. The average molecular weight is 461 g/mol. The number of aryl methyl sites for hydroxylation is 2. The van der Waals surface area contributed by atoms with Gasteiger partial charge in [0.2, 0.25) is 0 Å². The third-order valence-electron chi connectivity index (χ3n) is 4.97. The molecule has 0 saturated carbocycles. The van der Waals surface area contributed by atoms with E-state index in [1.807, 2.05) is 11.8 Å². The molecule has 3 rings (SSSR count). The zero-order valence-electron chi connectivity index (χ0n) is 17.1. The highest BCUT2D eigenvalue weighted by molar-refractivity contribution is 8.02. The molecule has 3 aromatic rings. The third kappa shape index (κ3) is 5.94. The smallest absolute Gasteiger partial charge is 0.121 e. The maximum atomic E-state index is 10.8. The first-order valence-electron chi connectivity index (χ1n) is 10.3. The molecular weight excluding hydrogens is 433 g/mol. The minimum absolute atomic E-state index is 0.499. The first kappa shape index (κ1) is 22.5. The van der Waals surface area contributed by atoms with E-state index in [1.165, 1.54) is 20.9 Å². The van der Waals surface area contributed by atoms with Crippen molar-refractivity contribution in [1.82, 2.24) is 0 Å². The van der Waals surface area contributed by atoms with Crippen molar-refractivity contribution in [2.24, 2.45) is 0 Å². The van der Waals surface area contributed by atoms with Gasteiger partial charge >= 0.3 is 0 Å². The Morgan fingerprint density at radius 2 is 1.55 bits per heavy atom. The quantitative estimate of drug-likeness (QED) is 0.185. The van der Waals surface area contributed by atoms with Gasteiger partial charge in [-0.2, -0.15) is 0 Å². The van der Waals surface area contributed by atoms with Crippen molar-refractivity contribution in [3.63, 3.8) is 0 Å². The summed E-state index contributed by atoms with van der Waals surface area (Å²) in [4.78, 5) is 0. The second-order valence-corrected chi connectivity index (χ2v) is 11.3. The zero-order chi connectivity index (χ0) is 20.6. The minimum Gasteiger partial charge on any atom is -0.507 e. The fourth-order valence-electron chi connectivity index (χ4n) is 3.32. The van der Waals surface area contributed by atoms with E-state index in [4.69, 9.17) is 12.2 Å². The summed E-state index contributed by atoms with van der Waals surface area (Å²) in [7, 11) is 3.47. The van der Waals surface area contributed by atoms with Crippen molar-refractivity contribution < 1.29 is 5.11 Å². The number of phenols is 1. The highest BCUT2D eigenvalue weighted by atomic mass is 32.9. The summed E-state index contributed by atoms with van der Waals surface area (Å²) in [6.45, 7) is 4.39. The molecule has 0 saturated heterocycles. The van der Waals surface area contributed by atoms with Crippen LogP contribution in [0.25, 0.3) is 11.1 Å². The van der Waals surface area contributed by atoms with E-state index in [1.54, 1.807) is 20.7 Å². The number of phenolic OH excluding ortho intramolecular Hbond substituents is 1. The molecule has 0 aliphatic carbocycles. The average Bonchev–Trinajstić information content (AvgIpc) is 3.11. The molecule has 1 heterocycles. The zero-order valence-corrected chi connectivity index (χ0v) is 20.3. The van der Waals surface area contributed by atoms with Crippen molar-refractivity contribution >= 4 is 44.7 Å². The van der Waals surface area contributed by atoms with E-state index in [2.05, 4.69) is 56.3 Å². The molecule has 0 amide bonds. The van der Waals surface area contributed by atoms with Crippen LogP contribution in [0.2, 0.25) is 0 Å². The van der Waals surface area contributed by atoms with Crippen molar-refractivity contribution in [3.05, 3.63) is 63.0 Å². The van der Waals surface area contributed by atoms with Crippen LogP contribution in [0.3, 0.4) is 0 Å². The van der Waals surface area contributed by atoms with E-state index in [0.29, 0.717) is 5.75 Å². The second-order valence-electron chi connectivity index (χ2n) is 7.24. The third-order valence-corrected chi connectivity index (χ3v) is 9.65. The topological polar surface area (TPSA) is 20.2 Å². The van der Waals surface area contributed by atoms with E-state index in [9.17, 15) is 5.11 Å². The van der Waals surface area contributed by atoms with E-state index < -0.39 is 0 Å². The van der Waals surface area contributed by atoms with Gasteiger partial charge in [-0.3, -0.25) is 0 Å². The van der Waals surface area contributed by atoms with E-state index in [0.717, 1.165) is 59.2 Å². The Morgan fingerprint density at radius 1 is 0.931 bits per heavy atom. The fourth-order valence-corrected chi connectivity index (χ4v) is 7.78. The lowest BCUT2D eigenvalue weighted by Gasteiger charge is -2.13. The Morgan fingerprint density at radius 3 is 2.14 bits per heavy atom. The van der Waals surface area contributed by atoms with Crippen molar-refractivity contribution in [2.75, 3.05) is 0 Å². The second kappa shape index (κ2) is 11.3. The summed E-state index contributed by atoms with van der Waals surface area (Å²) in [5.41, 5.74) is 5.83. The summed E-state index contributed by atoms with van der Waals surface area (Å²) >= 11 is 7.60. The van der Waals surface area contributed by atoms with Crippen LogP contribution in [-0.2, 0) is 18.6 Å². The SMILES string of the molecule is CCCCc1cc(-c2c(SCc3ccccc3)ssc2=S)cc(CCCC)c1O. The van der Waals surface area contributed by atoms with Gasteiger partial charge in [0, 0.05) is 11.3 Å². The lowest BCUT2D eigenvalue weighted by Crippen LogP contribution is -1.95. The van der Waals surface area contributed by atoms with Crippen LogP contribution in [0.5, 0.6) is 5.75 Å². The molecule has 0 spiro atoms. The lowest BCUT2D eigenvalue weighted by atomic mass is 9.95. The molecule has 0 unspecified atom stereocenters. The van der Waals surface area contributed by atoms with Gasteiger partial charge in [0.15, 0.2) is 0 Å². The Bertz CT molecular complexity index is 943. The van der Waals surface area contributed by atoms with Crippen LogP contribution >= 0.6 is 44.7 Å². The maximum absolute atomic E-state index is 10.8. The summed E-state index contributed by atoms with van der Waals surface area (Å²) in [5.74, 6) is 1.44. The standard InChI is InChI=1S/C24H28OS4/c1-3-5-12-18-14-20(15-19(22(18)25)13-6-4-2)21-23(26)28-29-24(21)27-16-17-10-8-7-9-11-17/h7-11,14-15,25H,3-6,12-13,16H2,1-2H3. The molecule has 2 aromatic carbocycles. The summed E-state index contributed by atoms with van der Waals surface area (Å²) < 4.78 is 2.25. The van der Waals surface area contributed by atoms with Crippen molar-refractivity contribution in [3.8, 4) is 16.9 Å². The van der Waals surface area contributed by atoms with Gasteiger partial charge in [-0.25, -0.2) is 0 Å². The van der Waals surface area contributed by atoms with E-state index >= 15 is 0 Å². The van der Waals surface area contributed by atoms with Crippen LogP contribution in [-0.4, -0.2) is 5.11 Å².